The molecular weight excluding hydrogens is 282 g/mol. The Bertz CT molecular complexity index is 426. The number of benzene rings is 1. The highest BCUT2D eigenvalue weighted by Gasteiger charge is 2.25. The Morgan fingerprint density at radius 1 is 0.950 bits per heavy atom. The molecule has 1 rings (SSSR count). The van der Waals surface area contributed by atoms with E-state index in [1.54, 1.807) is 33.5 Å². The number of nitrogens with two attached hydrogens (primary N) is 1. The second-order valence-corrected chi connectivity index (χ2v) is 4.71. The number of aliphatic hydroxyl groups excluding tert-OH is 1. The molecule has 3 N–H and O–H groups in total. The highest BCUT2D eigenvalue weighted by molar-refractivity contribution is 5.85. The molecule has 0 saturated heterocycles. The lowest BCUT2D eigenvalue weighted by Crippen LogP contribution is -2.30. The van der Waals surface area contributed by atoms with Crippen molar-refractivity contribution in [1.29, 1.82) is 0 Å². The first kappa shape index (κ1) is 18.8. The van der Waals surface area contributed by atoms with Crippen molar-refractivity contribution in [2.24, 2.45) is 11.7 Å². The van der Waals surface area contributed by atoms with E-state index in [0.717, 1.165) is 0 Å². The average molecular weight is 306 g/mol. The van der Waals surface area contributed by atoms with Gasteiger partial charge in [-0.1, -0.05) is 13.8 Å². The van der Waals surface area contributed by atoms with Crippen LogP contribution in [0.15, 0.2) is 12.1 Å². The van der Waals surface area contributed by atoms with Crippen LogP contribution in [0.3, 0.4) is 0 Å². The van der Waals surface area contributed by atoms with Crippen molar-refractivity contribution in [3.05, 3.63) is 17.7 Å². The predicted octanol–water partition coefficient (Wildman–Crippen LogP) is 2.15. The SMILES string of the molecule is COc1cc(OC)c([C@@H](N)[C@@H](O)C(C)C)cc1OC.Cl. The molecule has 0 fully saturated rings. The number of ether oxygens (including phenoxy) is 3. The zero-order valence-corrected chi connectivity index (χ0v) is 13.4. The van der Waals surface area contributed by atoms with Gasteiger partial charge in [0.15, 0.2) is 11.5 Å². The Morgan fingerprint density at radius 3 is 1.80 bits per heavy atom. The summed E-state index contributed by atoms with van der Waals surface area (Å²) in [6.45, 7) is 3.83. The molecule has 0 aromatic heterocycles. The summed E-state index contributed by atoms with van der Waals surface area (Å²) in [4.78, 5) is 0. The molecule has 5 nitrogen and oxygen atoms in total. The zero-order chi connectivity index (χ0) is 14.6. The zero-order valence-electron chi connectivity index (χ0n) is 12.5. The van der Waals surface area contributed by atoms with Crippen molar-refractivity contribution >= 4 is 12.4 Å². The molecule has 0 radical (unpaired) electrons. The molecule has 0 aliphatic carbocycles. The fourth-order valence-corrected chi connectivity index (χ4v) is 1.91. The van der Waals surface area contributed by atoms with Crippen molar-refractivity contribution in [3.63, 3.8) is 0 Å². The van der Waals surface area contributed by atoms with Crippen molar-refractivity contribution in [2.45, 2.75) is 26.0 Å². The van der Waals surface area contributed by atoms with Crippen LogP contribution in [0.4, 0.5) is 0 Å². The highest BCUT2D eigenvalue weighted by atomic mass is 35.5. The van der Waals surface area contributed by atoms with Gasteiger partial charge in [-0.2, -0.15) is 0 Å². The van der Waals surface area contributed by atoms with Crippen LogP contribution in [0.25, 0.3) is 0 Å². The van der Waals surface area contributed by atoms with Crippen LogP contribution in [-0.4, -0.2) is 32.5 Å². The quantitative estimate of drug-likeness (QED) is 0.842. The fraction of sp³-hybridized carbons (Fsp3) is 0.571. The largest absolute Gasteiger partial charge is 0.496 e. The minimum absolute atomic E-state index is 0. The van der Waals surface area contributed by atoms with Crippen LogP contribution in [0.2, 0.25) is 0 Å². The van der Waals surface area contributed by atoms with Gasteiger partial charge in [-0.25, -0.2) is 0 Å². The van der Waals surface area contributed by atoms with Crippen LogP contribution in [0, 0.1) is 5.92 Å². The minimum atomic E-state index is -0.660. The molecule has 20 heavy (non-hydrogen) atoms. The van der Waals surface area contributed by atoms with Gasteiger partial charge in [0, 0.05) is 11.6 Å². The first-order valence-corrected chi connectivity index (χ1v) is 6.19. The lowest BCUT2D eigenvalue weighted by molar-refractivity contribution is 0.0968. The second kappa shape index (κ2) is 8.19. The third kappa shape index (κ3) is 3.91. The standard InChI is InChI=1S/C14H23NO4.ClH/c1-8(2)14(16)13(15)9-6-11(18-4)12(19-5)7-10(9)17-3;/h6-8,13-14,16H,15H2,1-5H3;1H/t13-,14+;/m1./s1. The lowest BCUT2D eigenvalue weighted by Gasteiger charge is -2.25. The van der Waals surface area contributed by atoms with E-state index in [0.29, 0.717) is 22.8 Å². The predicted molar refractivity (Wildman–Crippen MR) is 81.1 cm³/mol. The van der Waals surface area contributed by atoms with Crippen LogP contribution < -0.4 is 19.9 Å². The van der Waals surface area contributed by atoms with Crippen LogP contribution in [-0.2, 0) is 0 Å². The molecule has 1 aromatic rings. The average Bonchev–Trinajstić information content (AvgIpc) is 2.43. The molecule has 0 aliphatic rings. The number of halogens is 1. The van der Waals surface area contributed by atoms with E-state index in [2.05, 4.69) is 0 Å². The van der Waals surface area contributed by atoms with Crippen LogP contribution in [0.1, 0.15) is 25.5 Å². The van der Waals surface area contributed by atoms with Gasteiger partial charge in [0.1, 0.15) is 5.75 Å². The highest BCUT2D eigenvalue weighted by Crippen LogP contribution is 2.38. The number of aliphatic hydroxyl groups is 1. The molecule has 0 spiro atoms. The maximum absolute atomic E-state index is 10.1. The third-order valence-electron chi connectivity index (χ3n) is 3.15. The molecule has 0 heterocycles. The molecule has 2 atom stereocenters. The maximum atomic E-state index is 10.1. The summed E-state index contributed by atoms with van der Waals surface area (Å²) in [5, 5.41) is 10.1. The van der Waals surface area contributed by atoms with E-state index in [4.69, 9.17) is 19.9 Å². The van der Waals surface area contributed by atoms with Gasteiger partial charge in [-0.3, -0.25) is 0 Å². The maximum Gasteiger partial charge on any atom is 0.164 e. The van der Waals surface area contributed by atoms with E-state index >= 15 is 0 Å². The molecule has 0 amide bonds. The van der Waals surface area contributed by atoms with Gasteiger partial charge in [-0.15, -0.1) is 12.4 Å². The van der Waals surface area contributed by atoms with Gasteiger partial charge in [0.25, 0.3) is 0 Å². The molecule has 0 aliphatic heterocycles. The molecular formula is C14H24ClNO4. The minimum Gasteiger partial charge on any atom is -0.496 e. The van der Waals surface area contributed by atoms with Crippen LogP contribution >= 0.6 is 12.4 Å². The summed E-state index contributed by atoms with van der Waals surface area (Å²) < 4.78 is 15.8. The summed E-state index contributed by atoms with van der Waals surface area (Å²) in [6, 6.07) is 2.91. The van der Waals surface area contributed by atoms with E-state index in [-0.39, 0.29) is 18.3 Å². The van der Waals surface area contributed by atoms with Gasteiger partial charge >= 0.3 is 0 Å². The molecule has 1 aromatic carbocycles. The van der Waals surface area contributed by atoms with Crippen LogP contribution in [0.5, 0.6) is 17.2 Å². The van der Waals surface area contributed by atoms with Crippen molar-refractivity contribution < 1.29 is 19.3 Å². The first-order valence-electron chi connectivity index (χ1n) is 6.19. The Balaban J connectivity index is 0.00000361. The summed E-state index contributed by atoms with van der Waals surface area (Å²) in [5.41, 5.74) is 6.80. The molecule has 6 heteroatoms. The Morgan fingerprint density at radius 2 is 1.40 bits per heavy atom. The van der Waals surface area contributed by atoms with Gasteiger partial charge < -0.3 is 25.1 Å². The topological polar surface area (TPSA) is 73.9 Å². The first-order chi connectivity index (χ1) is 8.96. The normalized spacial score (nSPS) is 13.4. The number of hydrogen-bond donors (Lipinski definition) is 2. The second-order valence-electron chi connectivity index (χ2n) is 4.71. The fourth-order valence-electron chi connectivity index (χ4n) is 1.91. The van der Waals surface area contributed by atoms with Gasteiger partial charge in [0.2, 0.25) is 0 Å². The molecule has 0 saturated carbocycles. The van der Waals surface area contributed by atoms with E-state index in [1.807, 2.05) is 13.8 Å². The monoisotopic (exact) mass is 305 g/mol. The summed E-state index contributed by atoms with van der Waals surface area (Å²) in [5.74, 6) is 1.75. The summed E-state index contributed by atoms with van der Waals surface area (Å²) in [6.07, 6.45) is -0.660. The smallest absolute Gasteiger partial charge is 0.164 e. The Kier molecular flexibility index (Phi) is 7.71. The lowest BCUT2D eigenvalue weighted by atomic mass is 9.93. The van der Waals surface area contributed by atoms with Crippen molar-refractivity contribution in [2.75, 3.05) is 21.3 Å². The van der Waals surface area contributed by atoms with Crippen molar-refractivity contribution in [3.8, 4) is 17.2 Å². The Labute approximate surface area is 126 Å². The summed E-state index contributed by atoms with van der Waals surface area (Å²) >= 11 is 0. The molecule has 0 bridgehead atoms. The van der Waals surface area contributed by atoms with E-state index in [1.165, 1.54) is 0 Å². The van der Waals surface area contributed by atoms with Crippen molar-refractivity contribution in [1.82, 2.24) is 0 Å². The van der Waals surface area contributed by atoms with E-state index < -0.39 is 12.1 Å². The van der Waals surface area contributed by atoms with Gasteiger partial charge in [0.05, 0.1) is 33.5 Å². The molecule has 0 unspecified atom stereocenters. The third-order valence-corrected chi connectivity index (χ3v) is 3.15. The summed E-state index contributed by atoms with van der Waals surface area (Å²) in [7, 11) is 4.66. The number of hydrogen-bond acceptors (Lipinski definition) is 5. The number of methoxy groups -OCH3 is 3. The molecule has 116 valence electrons. The Hall–Kier alpha value is -1.17. The number of rotatable bonds is 6. The van der Waals surface area contributed by atoms with Gasteiger partial charge in [-0.05, 0) is 12.0 Å². The van der Waals surface area contributed by atoms with E-state index in [9.17, 15) is 5.11 Å².